The molecule has 0 saturated heterocycles. The summed E-state index contributed by atoms with van der Waals surface area (Å²) in [6, 6.07) is -28.6. The van der Waals surface area contributed by atoms with Gasteiger partial charge in [0.15, 0.2) is 0 Å². The lowest BCUT2D eigenvalue weighted by molar-refractivity contribution is 0.669. The molecule has 0 bridgehead atoms. The van der Waals surface area contributed by atoms with E-state index in [9.17, 15) is 16.4 Å². The summed E-state index contributed by atoms with van der Waals surface area (Å²) in [4.78, 5) is 0. The third kappa shape index (κ3) is 4.22. The van der Waals surface area contributed by atoms with Crippen molar-refractivity contribution >= 4 is 75.8 Å². The van der Waals surface area contributed by atoms with Gasteiger partial charge in [0.25, 0.3) is 0 Å². The fraction of sp³-hybridized carbons (Fsp3) is 0. The minimum atomic E-state index is -1.14. The van der Waals surface area contributed by atoms with E-state index in [-0.39, 0.29) is 0 Å². The van der Waals surface area contributed by atoms with Crippen molar-refractivity contribution in [2.24, 2.45) is 0 Å². The van der Waals surface area contributed by atoms with E-state index in [1.54, 1.807) is 0 Å². The minimum absolute atomic E-state index is 0.430. The van der Waals surface area contributed by atoms with E-state index in [0.29, 0.717) is 0 Å². The van der Waals surface area contributed by atoms with E-state index in [0.717, 1.165) is 0 Å². The maximum atomic E-state index is 10.1. The maximum absolute atomic E-state index is 10.1. The van der Waals surface area contributed by atoms with Gasteiger partial charge in [-0.1, -0.05) is 157 Å². The van der Waals surface area contributed by atoms with E-state index >= 15 is 0 Å². The molecule has 0 aliphatic carbocycles. The highest BCUT2D eigenvalue weighted by Gasteiger charge is 2.19. The van der Waals surface area contributed by atoms with Crippen LogP contribution in [-0.2, 0) is 0 Å². The Morgan fingerprint density at radius 1 is 0.314 bits per heavy atom. The van der Waals surface area contributed by atoms with Crippen molar-refractivity contribution in [2.45, 2.75) is 0 Å². The predicted octanol–water partition coefficient (Wildman–Crippen LogP) is 14.4. The van der Waals surface area contributed by atoms with Crippen molar-refractivity contribution in [3.8, 4) is 33.4 Å². The van der Waals surface area contributed by atoms with Crippen molar-refractivity contribution in [1.29, 1.82) is 0 Å². The number of rotatable bonds is 3. The van der Waals surface area contributed by atoms with Crippen LogP contribution in [0.15, 0.2) is 186 Å². The second-order valence-electron chi connectivity index (χ2n) is 11.3. The van der Waals surface area contributed by atoms with E-state index in [1.807, 2.05) is 0 Å². The zero-order valence-electron chi connectivity index (χ0n) is 55.4. The van der Waals surface area contributed by atoms with Crippen LogP contribution in [0.1, 0.15) is 41.1 Å². The lowest BCUT2D eigenvalue weighted by Crippen LogP contribution is -1.91. The summed E-state index contributed by atoms with van der Waals surface area (Å²) in [5.41, 5.74) is -6.30. The third-order valence-electron chi connectivity index (χ3n) is 8.57. The van der Waals surface area contributed by atoms with Crippen molar-refractivity contribution in [1.82, 2.24) is 0 Å². The molecule has 0 aliphatic heterocycles. The molecule has 1 heteroatoms. The molecular formula is C50H30O. The standard InChI is InChI=1S/C50H30O/c1-3-16-37-31(11-1)23-24-33-13-10-22-39(47(33)37)34-14-9-15-35(29-34)48-40-18-5-7-20-42(40)49(43-21-8-6-19-41(43)48)36-26-27-45-44(30-36)50-38-17-4-2-12-32(38)25-28-46(50)51-45/h1-30H/i1D,2D,3D,4D,5D,6D,7D,8D,9D,10D,11D,12D,13D,14D,15D,16D,17D,18D,19D,20D,21D,22D,23D,24D,25D,26D,27D,28D,29D,30D. The number of furan rings is 1. The van der Waals surface area contributed by atoms with E-state index in [1.165, 1.54) is 0 Å². The van der Waals surface area contributed by atoms with Gasteiger partial charge in [0.05, 0.1) is 41.1 Å². The minimum Gasteiger partial charge on any atom is -0.456 e. The molecule has 51 heavy (non-hydrogen) atoms. The van der Waals surface area contributed by atoms with Crippen molar-refractivity contribution in [3.05, 3.63) is 181 Å². The molecular weight excluding hydrogens is 617 g/mol. The molecule has 0 spiro atoms. The second kappa shape index (κ2) is 10.9. The molecule has 0 N–H and O–H groups in total. The molecule has 0 saturated carbocycles. The zero-order valence-corrected chi connectivity index (χ0v) is 25.4. The van der Waals surface area contributed by atoms with Gasteiger partial charge in [0.2, 0.25) is 0 Å². The molecule has 0 unspecified atom stereocenters. The fourth-order valence-electron chi connectivity index (χ4n) is 6.45. The Bertz CT molecular complexity index is 4850. The van der Waals surface area contributed by atoms with Crippen molar-refractivity contribution < 1.29 is 45.5 Å². The summed E-state index contributed by atoms with van der Waals surface area (Å²) >= 11 is 0. The topological polar surface area (TPSA) is 13.1 Å². The van der Waals surface area contributed by atoms with E-state index in [2.05, 4.69) is 0 Å². The first-order chi connectivity index (χ1) is 37.8. The van der Waals surface area contributed by atoms with Gasteiger partial charge in [-0.25, -0.2) is 0 Å². The summed E-state index contributed by atoms with van der Waals surface area (Å²) in [6.07, 6.45) is 0. The zero-order chi connectivity index (χ0) is 59.6. The quantitative estimate of drug-likeness (QED) is 0.134. The molecule has 11 rings (SSSR count). The summed E-state index contributed by atoms with van der Waals surface area (Å²) in [5, 5.41) is -7.70. The normalized spacial score (nSPS) is 20.2. The average Bonchev–Trinajstić information content (AvgIpc) is 3.97. The molecule has 11 aromatic rings. The molecule has 1 nitrogen and oxygen atoms in total. The largest absolute Gasteiger partial charge is 0.456 e. The van der Waals surface area contributed by atoms with E-state index < -0.39 is 290 Å². The van der Waals surface area contributed by atoms with Gasteiger partial charge in [-0.2, -0.15) is 0 Å². The monoisotopic (exact) mass is 676 g/mol. The van der Waals surface area contributed by atoms with Gasteiger partial charge in [-0.15, -0.1) is 0 Å². The molecule has 0 aliphatic rings. The number of hydrogen-bond donors (Lipinski definition) is 0. The summed E-state index contributed by atoms with van der Waals surface area (Å²) in [7, 11) is 0. The molecule has 0 amide bonds. The second-order valence-corrected chi connectivity index (χ2v) is 11.3. The van der Waals surface area contributed by atoms with Crippen LogP contribution in [0.25, 0.3) is 109 Å². The predicted molar refractivity (Wildman–Crippen MR) is 218 cm³/mol. The highest BCUT2D eigenvalue weighted by atomic mass is 16.3. The van der Waals surface area contributed by atoms with Gasteiger partial charge in [0, 0.05) is 10.8 Å². The fourth-order valence-corrected chi connectivity index (χ4v) is 6.45. The van der Waals surface area contributed by atoms with Crippen molar-refractivity contribution in [2.75, 3.05) is 0 Å². The van der Waals surface area contributed by atoms with Gasteiger partial charge in [0.1, 0.15) is 11.2 Å². The van der Waals surface area contributed by atoms with E-state index in [4.69, 9.17) is 29.1 Å². The smallest absolute Gasteiger partial charge is 0.136 e. The lowest BCUT2D eigenvalue weighted by atomic mass is 9.85. The number of hydrogen-bond acceptors (Lipinski definition) is 1. The van der Waals surface area contributed by atoms with Crippen LogP contribution >= 0.6 is 0 Å². The van der Waals surface area contributed by atoms with Crippen molar-refractivity contribution in [3.63, 3.8) is 0 Å². The van der Waals surface area contributed by atoms with Crippen LogP contribution in [0.4, 0.5) is 0 Å². The Kier molecular flexibility index (Phi) is 2.50. The van der Waals surface area contributed by atoms with Crippen LogP contribution in [0.3, 0.4) is 0 Å². The SMILES string of the molecule is [2H]c1c([2H])c(-c2c3c([2H])c([2H])c([2H])c([2H])c3c(-c3c([2H])c([2H])c4oc5c([2H])c([2H])c6c([2H])c([2H])c([2H])c([2H])c6c5c4c3[2H])c3c([2H])c([2H])c([2H])c([2H])c23)c([2H])c(-c2c([2H])c([2H])c([2H])c3c([2H])c([2H])c4c([2H])c([2H])c([2H])c([2H])c4c23)c1[2H]. The molecule has 236 valence electrons. The van der Waals surface area contributed by atoms with Crippen LogP contribution < -0.4 is 0 Å². The molecule has 0 atom stereocenters. The summed E-state index contributed by atoms with van der Waals surface area (Å²) in [6.45, 7) is 0. The van der Waals surface area contributed by atoms with Gasteiger partial charge in [-0.05, 0) is 111 Å². The Morgan fingerprint density at radius 3 is 1.49 bits per heavy atom. The number of benzene rings is 10. The summed E-state index contributed by atoms with van der Waals surface area (Å²) in [5.74, 6) is 0. The van der Waals surface area contributed by atoms with Crippen LogP contribution in [-0.4, -0.2) is 0 Å². The van der Waals surface area contributed by atoms with Crippen LogP contribution in [0, 0.1) is 0 Å². The Morgan fingerprint density at radius 2 is 0.804 bits per heavy atom. The Balaban J connectivity index is 1.43. The first-order valence-electron chi connectivity index (χ1n) is 30.2. The Hall–Kier alpha value is -6.70. The first kappa shape index (κ1) is 11.7. The van der Waals surface area contributed by atoms with Crippen LogP contribution in [0.2, 0.25) is 0 Å². The number of fused-ring (bicyclic) bond motifs is 10. The molecule has 1 heterocycles. The van der Waals surface area contributed by atoms with Gasteiger partial charge < -0.3 is 4.42 Å². The Labute approximate surface area is 336 Å². The van der Waals surface area contributed by atoms with Crippen LogP contribution in [0.5, 0.6) is 0 Å². The molecule has 0 radical (unpaired) electrons. The molecule has 1 aromatic heterocycles. The highest BCUT2D eigenvalue weighted by molar-refractivity contribution is 6.24. The third-order valence-corrected chi connectivity index (χ3v) is 8.57. The maximum Gasteiger partial charge on any atom is 0.136 e. The summed E-state index contributed by atoms with van der Waals surface area (Å²) < 4.78 is 279. The first-order valence-corrected chi connectivity index (χ1v) is 15.2. The molecule has 10 aromatic carbocycles. The highest BCUT2D eigenvalue weighted by Crippen LogP contribution is 2.46. The van der Waals surface area contributed by atoms with Gasteiger partial charge >= 0.3 is 0 Å². The van der Waals surface area contributed by atoms with Gasteiger partial charge in [-0.3, -0.25) is 0 Å². The molecule has 0 fully saturated rings. The lowest BCUT2D eigenvalue weighted by Gasteiger charge is -2.18. The average molecular weight is 677 g/mol.